The number of ether oxygens (including phenoxy) is 4. The summed E-state index contributed by atoms with van der Waals surface area (Å²) < 4.78 is 103. The number of aliphatic imine (C=N–C) groups is 1. The number of rotatable bonds is 39. The van der Waals surface area contributed by atoms with Crippen molar-refractivity contribution in [3.05, 3.63) is 183 Å². The van der Waals surface area contributed by atoms with Gasteiger partial charge in [-0.15, -0.1) is 15.0 Å². The summed E-state index contributed by atoms with van der Waals surface area (Å²) in [6.07, 6.45) is 7.75. The van der Waals surface area contributed by atoms with E-state index < -0.39 is 68.2 Å². The molecule has 7 unspecified atom stereocenters. The molecule has 9 aromatic rings. The fraction of sp³-hybridized carbons (Fsp3) is 0.490. The zero-order chi connectivity index (χ0) is 98.5. The predicted molar refractivity (Wildman–Crippen MR) is 541 cm³/mol. The molecule has 7 atom stereocenters. The van der Waals surface area contributed by atoms with E-state index in [1.165, 1.54) is 33.3 Å². The van der Waals surface area contributed by atoms with Crippen LogP contribution in [0.15, 0.2) is 141 Å². The second-order valence-corrected chi connectivity index (χ2v) is 46.1. The highest BCUT2D eigenvalue weighted by Gasteiger charge is 2.52. The van der Waals surface area contributed by atoms with E-state index in [0.717, 1.165) is 84.2 Å². The molecule has 36 heteroatoms. The van der Waals surface area contributed by atoms with Crippen molar-refractivity contribution >= 4 is 132 Å². The van der Waals surface area contributed by atoms with Gasteiger partial charge in [0.25, 0.3) is 23.9 Å². The molecule has 0 bridgehead atoms. The molecule has 132 heavy (non-hydrogen) atoms. The first kappa shape index (κ1) is 107. The number of benzene rings is 6. The summed E-state index contributed by atoms with van der Waals surface area (Å²) in [4.78, 5) is 46.2. The summed E-state index contributed by atoms with van der Waals surface area (Å²) in [5.74, 6) is 9.73. The van der Waals surface area contributed by atoms with Crippen molar-refractivity contribution in [1.82, 2.24) is 54.8 Å². The van der Waals surface area contributed by atoms with Gasteiger partial charge < -0.3 is 45.1 Å². The average molecular weight is 1940 g/mol. The summed E-state index contributed by atoms with van der Waals surface area (Å²) in [7, 11) is -11.8. The van der Waals surface area contributed by atoms with Gasteiger partial charge in [-0.3, -0.25) is 33.4 Å². The Kier molecular flexibility index (Phi) is 35.7. The van der Waals surface area contributed by atoms with Gasteiger partial charge in [0.15, 0.2) is 29.5 Å². The fourth-order valence-electron chi connectivity index (χ4n) is 14.3. The third kappa shape index (κ3) is 27.2. The van der Waals surface area contributed by atoms with Crippen molar-refractivity contribution in [3.63, 3.8) is 0 Å². The Labute approximate surface area is 792 Å². The molecule has 0 aliphatic carbocycles. The lowest BCUT2D eigenvalue weighted by Crippen LogP contribution is -2.51. The molecular formula is C96H138Cl2N18O12S4. The van der Waals surface area contributed by atoms with Crippen LogP contribution in [0.3, 0.4) is 0 Å². The normalized spacial score (nSPS) is 15.6. The number of para-hydroxylation sites is 2. The van der Waals surface area contributed by atoms with Crippen molar-refractivity contribution in [1.29, 1.82) is 5.41 Å². The Morgan fingerprint density at radius 2 is 1.02 bits per heavy atom. The highest BCUT2D eigenvalue weighted by Crippen LogP contribution is 2.46. The van der Waals surface area contributed by atoms with Crippen LogP contribution in [-0.2, 0) is 75.3 Å². The van der Waals surface area contributed by atoms with Crippen LogP contribution in [0.5, 0.6) is 23.0 Å². The minimum Gasteiger partial charge on any atom is -0.481 e. The molecule has 0 spiro atoms. The fourth-order valence-corrected chi connectivity index (χ4v) is 17.5. The van der Waals surface area contributed by atoms with Crippen molar-refractivity contribution in [2.75, 3.05) is 92.1 Å². The number of fused-ring (bicyclic) bond motifs is 2. The summed E-state index contributed by atoms with van der Waals surface area (Å²) in [6, 6.07) is 37.0. The molecule has 10 rings (SSSR count). The predicted octanol–water partition coefficient (Wildman–Crippen LogP) is 16.1. The van der Waals surface area contributed by atoms with Crippen molar-refractivity contribution < 1.29 is 53.8 Å². The lowest BCUT2D eigenvalue weighted by molar-refractivity contribution is -0.128. The number of sulfonamides is 2. The SMILES string of the molecule is C=S(C)(=O)c1ccccc1OC(=N)N(c1ccc(N(CC)CCNS(C)(=O)=O)cc1C)C1(Cl)C(C)=Nn2nc(C(C)CNC(=O)C(C)Oc3ccc(C(C)(C)CC)cc3C(C)(C)CC)nc21.C=S(C)(=O)c1ccccc1OC(N)=Nc1ccc(N(CC)CCNS(C)(=O)=O)cc1C.CCC(C)(C)c1ccc(OC(C)C(=O)NCC(C)c2nc3c(Cl)c(C)[nH]n3n2)c(C(C)(C)CC)c1. The van der Waals surface area contributed by atoms with Crippen LogP contribution < -0.4 is 59.5 Å². The summed E-state index contributed by atoms with van der Waals surface area (Å²) in [6.45, 7) is 48.6. The molecular weight excluding hydrogens is 1800 g/mol. The largest absolute Gasteiger partial charge is 0.481 e. The van der Waals surface area contributed by atoms with Gasteiger partial charge in [-0.1, -0.05) is 169 Å². The maximum Gasteiger partial charge on any atom is 0.296 e. The number of carbonyl (C=O) groups excluding carboxylic acids is 2. The standard InChI is InChI=1S/C48H68ClN9O6S2.C27H40ClN5O2.C21H30N4O4S2/c1-15-46(8,9)35-22-25-39(37(29-35)47(10,11)16-2)63-33(6)43(59)51-30-32(5)42-53-44-48(49,34(7)54-58(44)55-42)57(45(50)64-40-20-18-19-21-41(40)65(12,13)60)38-24-23-36(28-31(38)4)56(17-3)27-26-52-66(14,61)62;1-10-26(6,7)19-12-13-21(20(14-19)27(8,9)11-2)35-18(5)25(34)29-15-16(3)23-30-24-22(28)17(4)31-33(24)32-23;1-6-25(14-13-23-31(5,27)28)17-11-12-18(16(2)15-17)24-21(22)29-19-9-7-8-10-20(19)30(3,4)26/h18-25,28-29,32-33,50,52H,12,15-17,26-27,30H2,1-11,13-14H3,(H,51,59);12-14,16,18,31H,10-11,15H2,1-9H3,(H,29,34);7-12,15,23H,3,6,13-14H2,1-2,4-5H3,(H2,22,24). The number of nitrogens with one attached hydrogen (secondary N) is 6. The Morgan fingerprint density at radius 1 is 0.583 bits per heavy atom. The number of anilines is 3. The molecule has 0 fully saturated rings. The van der Waals surface area contributed by atoms with Crippen LogP contribution in [0.2, 0.25) is 5.02 Å². The maximum atomic E-state index is 13.6. The highest BCUT2D eigenvalue weighted by molar-refractivity contribution is 8.00. The second-order valence-electron chi connectivity index (χ2n) is 36.6. The van der Waals surface area contributed by atoms with Crippen LogP contribution in [0, 0.1) is 26.2 Å². The highest BCUT2D eigenvalue weighted by atomic mass is 35.5. The number of amides is 2. The molecule has 722 valence electrons. The number of nitrogens with zero attached hydrogens (tertiary/aromatic N) is 11. The number of hydrogen-bond donors (Lipinski definition) is 7. The number of halogens is 2. The van der Waals surface area contributed by atoms with Gasteiger partial charge in [-0.25, -0.2) is 36.2 Å². The van der Waals surface area contributed by atoms with E-state index in [1.807, 2.05) is 95.8 Å². The zero-order valence-electron chi connectivity index (χ0n) is 81.5. The number of amidine groups is 2. The van der Waals surface area contributed by atoms with Gasteiger partial charge in [0.2, 0.25) is 30.9 Å². The molecule has 2 amide bonds. The first-order valence-corrected chi connectivity index (χ1v) is 53.2. The number of alkyl halides is 1. The number of aromatic amines is 1. The third-order valence-electron chi connectivity index (χ3n) is 24.3. The first-order chi connectivity index (χ1) is 61.4. The zero-order valence-corrected chi connectivity index (χ0v) is 86.3. The number of likely N-dealkylation sites (N-methyl/N-ethyl adjacent to an activating group) is 2. The van der Waals surface area contributed by atoms with Crippen LogP contribution >= 0.6 is 23.2 Å². The average Bonchev–Trinajstić information content (AvgIpc) is 1.56. The monoisotopic (exact) mass is 1930 g/mol. The van der Waals surface area contributed by atoms with Gasteiger partial charge in [0, 0.05) is 99.2 Å². The van der Waals surface area contributed by atoms with Crippen LogP contribution in [-0.4, -0.2) is 191 Å². The minimum absolute atomic E-state index is 0.0100. The molecule has 3 aromatic heterocycles. The lowest BCUT2D eigenvalue weighted by atomic mass is 9.76. The van der Waals surface area contributed by atoms with Gasteiger partial charge in [0.1, 0.15) is 28.0 Å². The third-order valence-corrected chi connectivity index (χ3v) is 29.4. The first-order valence-electron chi connectivity index (χ1n) is 44.4. The van der Waals surface area contributed by atoms with E-state index in [4.69, 9.17) is 58.0 Å². The van der Waals surface area contributed by atoms with Crippen LogP contribution in [0.25, 0.3) is 5.65 Å². The van der Waals surface area contributed by atoms with Gasteiger partial charge in [0.05, 0.1) is 45.1 Å². The van der Waals surface area contributed by atoms with E-state index in [9.17, 15) is 40.3 Å². The van der Waals surface area contributed by atoms with E-state index in [0.29, 0.717) is 99.0 Å². The molecule has 1 aliphatic heterocycles. The maximum absolute atomic E-state index is 13.6. The Bertz CT molecular complexity index is 6170. The summed E-state index contributed by atoms with van der Waals surface area (Å²) in [5, 5.41) is 33.0. The topological polar surface area (TPSA) is 383 Å². The van der Waals surface area contributed by atoms with Gasteiger partial charge in [-0.05, 0) is 229 Å². The molecule has 0 saturated heterocycles. The van der Waals surface area contributed by atoms with Crippen LogP contribution in [0.1, 0.15) is 226 Å². The van der Waals surface area contributed by atoms with Crippen molar-refractivity contribution in [3.8, 4) is 23.0 Å². The quantitative estimate of drug-likeness (QED) is 0.00618. The molecule has 8 N–H and O–H groups in total. The van der Waals surface area contributed by atoms with Gasteiger partial charge >= 0.3 is 0 Å². The number of hydrogen-bond acceptors (Lipinski definition) is 21. The Hall–Kier alpha value is -10.1. The van der Waals surface area contributed by atoms with E-state index >= 15 is 0 Å². The van der Waals surface area contributed by atoms with Crippen molar-refractivity contribution in [2.45, 2.75) is 238 Å². The molecule has 6 aromatic carbocycles. The Balaban J connectivity index is 0.000000272. The van der Waals surface area contributed by atoms with Crippen molar-refractivity contribution in [2.24, 2.45) is 15.8 Å². The second kappa shape index (κ2) is 44.0. The summed E-state index contributed by atoms with van der Waals surface area (Å²) in [5.41, 5.74) is 16.7. The van der Waals surface area contributed by atoms with Gasteiger partial charge in [-0.2, -0.15) is 14.7 Å². The molecule has 0 saturated carbocycles. The molecule has 30 nitrogen and oxygen atoms in total. The van der Waals surface area contributed by atoms with E-state index in [-0.39, 0.29) is 70.1 Å². The number of aryl methyl sites for hydroxylation is 3. The van der Waals surface area contributed by atoms with E-state index in [1.54, 1.807) is 80.0 Å². The lowest BCUT2D eigenvalue weighted by Gasteiger charge is -2.37. The molecule has 4 heterocycles. The number of H-pyrrole nitrogens is 1. The number of aromatic nitrogens is 7. The minimum atomic E-state index is -3.37. The van der Waals surface area contributed by atoms with E-state index in [2.05, 4.69) is 169 Å². The molecule has 0 radical (unpaired) electrons. The smallest absolute Gasteiger partial charge is 0.296 e. The summed E-state index contributed by atoms with van der Waals surface area (Å²) >= 11 is 14.0. The van der Waals surface area contributed by atoms with Crippen LogP contribution in [0.4, 0.5) is 22.7 Å². The number of nitrogens with two attached hydrogens (primary N) is 1. The molecule has 1 aliphatic rings. The number of carbonyl (C=O) groups is 2. The Morgan fingerprint density at radius 3 is 1.43 bits per heavy atom.